The minimum absolute atomic E-state index is 0.0917. The molecule has 0 N–H and O–H groups in total. The lowest BCUT2D eigenvalue weighted by Crippen LogP contribution is -2.11. The zero-order valence-electron chi connectivity index (χ0n) is 18.1. The zero-order valence-corrected chi connectivity index (χ0v) is 18.1. The van der Waals surface area contributed by atoms with E-state index < -0.39 is 5.97 Å². The molecule has 0 saturated carbocycles. The average Bonchev–Trinajstić information content (AvgIpc) is 2.83. The van der Waals surface area contributed by atoms with E-state index in [1.54, 1.807) is 69.9 Å². The summed E-state index contributed by atoms with van der Waals surface area (Å²) in [6, 6.07) is 21.8. The maximum atomic E-state index is 12.3. The number of carbonyl (C=O) groups excluding carboxylic acids is 1. The molecule has 0 spiro atoms. The SMILES string of the molecule is COc1ccc(CC(=O)Oc2ccc(/C=C(/C#N)c3ccccc3OC)cc2)cc1OC. The topological polar surface area (TPSA) is 77.8 Å². The van der Waals surface area contributed by atoms with Crippen LogP contribution in [0, 0.1) is 11.3 Å². The minimum Gasteiger partial charge on any atom is -0.496 e. The van der Waals surface area contributed by atoms with E-state index in [2.05, 4.69) is 6.07 Å². The number of carbonyl (C=O) groups is 1. The van der Waals surface area contributed by atoms with Crippen LogP contribution in [-0.4, -0.2) is 27.3 Å². The largest absolute Gasteiger partial charge is 0.496 e. The van der Waals surface area contributed by atoms with Crippen molar-refractivity contribution in [2.45, 2.75) is 6.42 Å². The Kier molecular flexibility index (Phi) is 7.50. The molecule has 0 unspecified atom stereocenters. The number of rotatable bonds is 8. The molecule has 3 aromatic carbocycles. The van der Waals surface area contributed by atoms with Gasteiger partial charge in [0.2, 0.25) is 0 Å². The van der Waals surface area contributed by atoms with Crippen LogP contribution in [0.3, 0.4) is 0 Å². The highest BCUT2D eigenvalue weighted by atomic mass is 16.5. The molecule has 3 aromatic rings. The Bertz CT molecular complexity index is 1160. The molecule has 162 valence electrons. The number of hydrogen-bond donors (Lipinski definition) is 0. The van der Waals surface area contributed by atoms with E-state index in [4.69, 9.17) is 18.9 Å². The molecule has 0 aliphatic rings. The fourth-order valence-corrected chi connectivity index (χ4v) is 3.16. The van der Waals surface area contributed by atoms with Crippen LogP contribution in [0.5, 0.6) is 23.0 Å². The third-order valence-corrected chi connectivity index (χ3v) is 4.74. The molecule has 0 atom stereocenters. The number of nitrogens with zero attached hydrogens (tertiary/aromatic N) is 1. The molecule has 0 aromatic heterocycles. The van der Waals surface area contributed by atoms with Gasteiger partial charge in [0.15, 0.2) is 11.5 Å². The summed E-state index contributed by atoms with van der Waals surface area (Å²) in [4.78, 5) is 12.3. The monoisotopic (exact) mass is 429 g/mol. The zero-order chi connectivity index (χ0) is 22.9. The van der Waals surface area contributed by atoms with Gasteiger partial charge in [0.05, 0.1) is 39.4 Å². The lowest BCUT2D eigenvalue weighted by molar-refractivity contribution is -0.133. The molecule has 0 aliphatic carbocycles. The van der Waals surface area contributed by atoms with Crippen molar-refractivity contribution in [1.82, 2.24) is 0 Å². The van der Waals surface area contributed by atoms with Crippen LogP contribution in [0.4, 0.5) is 0 Å². The standard InChI is InChI=1S/C26H23NO5/c1-29-23-7-5-4-6-22(23)20(17-27)14-18-8-11-21(12-9-18)32-26(28)16-19-10-13-24(30-2)25(15-19)31-3/h4-15H,16H2,1-3H3/b20-14-. The normalized spacial score (nSPS) is 10.8. The van der Waals surface area contributed by atoms with Crippen molar-refractivity contribution >= 4 is 17.6 Å². The van der Waals surface area contributed by atoms with Gasteiger partial charge in [0, 0.05) is 5.56 Å². The molecular weight excluding hydrogens is 406 g/mol. The van der Waals surface area contributed by atoms with Gasteiger partial charge < -0.3 is 18.9 Å². The highest BCUT2D eigenvalue weighted by Crippen LogP contribution is 2.29. The molecule has 0 radical (unpaired) electrons. The van der Waals surface area contributed by atoms with Crippen LogP contribution in [0.15, 0.2) is 66.7 Å². The second-order valence-corrected chi connectivity index (χ2v) is 6.78. The van der Waals surface area contributed by atoms with Gasteiger partial charge in [-0.3, -0.25) is 4.79 Å². The summed E-state index contributed by atoms with van der Waals surface area (Å²) in [5.74, 6) is 1.80. The number of hydrogen-bond acceptors (Lipinski definition) is 6. The Morgan fingerprint density at radius 3 is 2.22 bits per heavy atom. The number of para-hydroxylation sites is 1. The highest BCUT2D eigenvalue weighted by Gasteiger charge is 2.11. The Balaban J connectivity index is 1.70. The van der Waals surface area contributed by atoms with Gasteiger partial charge in [-0.1, -0.05) is 30.3 Å². The molecule has 0 fully saturated rings. The van der Waals surface area contributed by atoms with Crippen LogP contribution in [0.25, 0.3) is 11.6 Å². The number of nitriles is 1. The predicted molar refractivity (Wildman–Crippen MR) is 122 cm³/mol. The van der Waals surface area contributed by atoms with E-state index in [1.807, 2.05) is 24.3 Å². The fourth-order valence-electron chi connectivity index (χ4n) is 3.16. The third kappa shape index (κ3) is 5.46. The van der Waals surface area contributed by atoms with Crippen molar-refractivity contribution in [3.05, 3.63) is 83.4 Å². The minimum atomic E-state index is -0.396. The van der Waals surface area contributed by atoms with Crippen molar-refractivity contribution in [3.63, 3.8) is 0 Å². The molecular formula is C26H23NO5. The lowest BCUT2D eigenvalue weighted by Gasteiger charge is -2.10. The van der Waals surface area contributed by atoms with Gasteiger partial charge in [-0.05, 0) is 53.6 Å². The van der Waals surface area contributed by atoms with Gasteiger partial charge in [-0.25, -0.2) is 0 Å². The molecule has 32 heavy (non-hydrogen) atoms. The molecule has 0 aliphatic heterocycles. The van der Waals surface area contributed by atoms with Crippen molar-refractivity contribution in [2.75, 3.05) is 21.3 Å². The van der Waals surface area contributed by atoms with E-state index in [0.29, 0.717) is 34.1 Å². The van der Waals surface area contributed by atoms with Crippen molar-refractivity contribution in [1.29, 1.82) is 5.26 Å². The summed E-state index contributed by atoms with van der Waals surface area (Å²) in [6.07, 6.45) is 1.85. The molecule has 6 heteroatoms. The summed E-state index contributed by atoms with van der Waals surface area (Å²) in [5.41, 5.74) is 2.73. The maximum Gasteiger partial charge on any atom is 0.315 e. The lowest BCUT2D eigenvalue weighted by atomic mass is 10.0. The van der Waals surface area contributed by atoms with Gasteiger partial charge in [0.1, 0.15) is 11.5 Å². The highest BCUT2D eigenvalue weighted by molar-refractivity contribution is 5.91. The van der Waals surface area contributed by atoms with Crippen LogP contribution in [0.2, 0.25) is 0 Å². The van der Waals surface area contributed by atoms with E-state index in [-0.39, 0.29) is 6.42 Å². The number of methoxy groups -OCH3 is 3. The molecule has 0 heterocycles. The molecule has 0 amide bonds. The van der Waals surface area contributed by atoms with Gasteiger partial charge in [-0.2, -0.15) is 5.26 Å². The average molecular weight is 429 g/mol. The molecule has 6 nitrogen and oxygen atoms in total. The Hall–Kier alpha value is -4.24. The van der Waals surface area contributed by atoms with Crippen LogP contribution >= 0.6 is 0 Å². The first-order valence-electron chi connectivity index (χ1n) is 9.84. The number of allylic oxidation sites excluding steroid dienone is 1. The summed E-state index contributed by atoms with van der Waals surface area (Å²) < 4.78 is 21.3. The number of benzene rings is 3. The first-order chi connectivity index (χ1) is 15.6. The van der Waals surface area contributed by atoms with Crippen molar-refractivity contribution in [2.24, 2.45) is 0 Å². The van der Waals surface area contributed by atoms with Gasteiger partial charge in [-0.15, -0.1) is 0 Å². The van der Waals surface area contributed by atoms with E-state index >= 15 is 0 Å². The first kappa shape index (κ1) is 22.4. The van der Waals surface area contributed by atoms with Crippen molar-refractivity contribution < 1.29 is 23.7 Å². The van der Waals surface area contributed by atoms with Crippen LogP contribution in [-0.2, 0) is 11.2 Å². The number of esters is 1. The van der Waals surface area contributed by atoms with Crippen LogP contribution in [0.1, 0.15) is 16.7 Å². The Morgan fingerprint density at radius 2 is 1.56 bits per heavy atom. The van der Waals surface area contributed by atoms with Gasteiger partial charge in [0.25, 0.3) is 0 Å². The van der Waals surface area contributed by atoms with E-state index in [1.165, 1.54) is 0 Å². The second-order valence-electron chi connectivity index (χ2n) is 6.78. The maximum absolute atomic E-state index is 12.3. The molecule has 0 saturated heterocycles. The summed E-state index contributed by atoms with van der Waals surface area (Å²) in [5, 5.41) is 9.58. The van der Waals surface area contributed by atoms with Crippen molar-refractivity contribution in [3.8, 4) is 29.1 Å². The summed E-state index contributed by atoms with van der Waals surface area (Å²) in [6.45, 7) is 0. The van der Waals surface area contributed by atoms with Crippen LogP contribution < -0.4 is 18.9 Å². The summed E-state index contributed by atoms with van der Waals surface area (Å²) in [7, 11) is 4.67. The Labute approximate surface area is 187 Å². The third-order valence-electron chi connectivity index (χ3n) is 4.74. The summed E-state index contributed by atoms with van der Waals surface area (Å²) >= 11 is 0. The fraction of sp³-hybridized carbons (Fsp3) is 0.154. The number of ether oxygens (including phenoxy) is 4. The van der Waals surface area contributed by atoms with E-state index in [9.17, 15) is 10.1 Å². The predicted octanol–water partition coefficient (Wildman–Crippen LogP) is 4.92. The van der Waals surface area contributed by atoms with Gasteiger partial charge >= 0.3 is 5.97 Å². The smallest absolute Gasteiger partial charge is 0.315 e. The quantitative estimate of drug-likeness (QED) is 0.219. The first-order valence-corrected chi connectivity index (χ1v) is 9.84. The Morgan fingerprint density at radius 1 is 0.875 bits per heavy atom. The molecule has 3 rings (SSSR count). The molecule has 0 bridgehead atoms. The second kappa shape index (κ2) is 10.7. The van der Waals surface area contributed by atoms with E-state index in [0.717, 1.165) is 11.1 Å².